The molecule has 0 unspecified atom stereocenters. The van der Waals surface area contributed by atoms with Crippen LogP contribution in [0.1, 0.15) is 43.5 Å². The Bertz CT molecular complexity index is 975. The second kappa shape index (κ2) is 8.59. The van der Waals surface area contributed by atoms with Gasteiger partial charge >= 0.3 is 0 Å². The van der Waals surface area contributed by atoms with E-state index in [9.17, 15) is 0 Å². The molecule has 4 rings (SSSR count). The monoisotopic (exact) mass is 396 g/mol. The van der Waals surface area contributed by atoms with E-state index in [0.717, 1.165) is 55.0 Å². The number of anilines is 1. The van der Waals surface area contributed by atoms with Gasteiger partial charge in [0.25, 0.3) is 0 Å². The molecule has 2 aromatic heterocycles. The number of nitrogens with two attached hydrogens (primary N) is 1. The quantitative estimate of drug-likeness (QED) is 0.727. The Morgan fingerprint density at radius 3 is 2.79 bits per heavy atom. The van der Waals surface area contributed by atoms with E-state index < -0.39 is 0 Å². The van der Waals surface area contributed by atoms with Crippen molar-refractivity contribution in [3.05, 3.63) is 53.9 Å². The third-order valence-electron chi connectivity index (χ3n) is 5.27. The standard InChI is InChI=1S/C21H24N6.ClH/c1-2-19(17-10-9-15(12-22)13-24-17)27-20-8-4-3-7-18(20)25-21(27)26-11-5-6-16(23)14-26;/h3-4,7-10,13,16,19H,2,5-6,11,14,23H2,1H3;1H/t16-,19-;/m0./s1. The highest BCUT2D eigenvalue weighted by atomic mass is 35.5. The first-order chi connectivity index (χ1) is 13.2. The van der Waals surface area contributed by atoms with Crippen molar-refractivity contribution in [3.63, 3.8) is 0 Å². The number of aromatic nitrogens is 3. The maximum atomic E-state index is 9.07. The average Bonchev–Trinajstić information content (AvgIpc) is 3.09. The van der Waals surface area contributed by atoms with Crippen molar-refractivity contribution in [3.8, 4) is 6.07 Å². The highest BCUT2D eigenvalue weighted by molar-refractivity contribution is 5.85. The van der Waals surface area contributed by atoms with Gasteiger partial charge in [-0.2, -0.15) is 5.26 Å². The van der Waals surface area contributed by atoms with Gasteiger partial charge in [-0.25, -0.2) is 4.98 Å². The average molecular weight is 397 g/mol. The van der Waals surface area contributed by atoms with Crippen LogP contribution < -0.4 is 10.6 Å². The molecule has 1 aliphatic heterocycles. The second-order valence-electron chi connectivity index (χ2n) is 7.13. The number of pyridine rings is 1. The van der Waals surface area contributed by atoms with E-state index in [2.05, 4.69) is 39.6 Å². The fraction of sp³-hybridized carbons (Fsp3) is 0.381. The topological polar surface area (TPSA) is 83.8 Å². The molecule has 0 amide bonds. The molecule has 28 heavy (non-hydrogen) atoms. The summed E-state index contributed by atoms with van der Waals surface area (Å²) in [5.41, 5.74) is 9.85. The predicted octanol–water partition coefficient (Wildman–Crippen LogP) is 3.65. The van der Waals surface area contributed by atoms with E-state index >= 15 is 0 Å². The molecule has 2 N–H and O–H groups in total. The first-order valence-electron chi connectivity index (χ1n) is 9.54. The smallest absolute Gasteiger partial charge is 0.207 e. The summed E-state index contributed by atoms with van der Waals surface area (Å²) in [6.07, 6.45) is 4.67. The summed E-state index contributed by atoms with van der Waals surface area (Å²) in [5, 5.41) is 9.07. The summed E-state index contributed by atoms with van der Waals surface area (Å²) in [4.78, 5) is 11.8. The van der Waals surface area contributed by atoms with E-state index in [1.165, 1.54) is 0 Å². The third kappa shape index (κ3) is 3.68. The van der Waals surface area contributed by atoms with Crippen molar-refractivity contribution >= 4 is 29.4 Å². The van der Waals surface area contributed by atoms with Crippen LogP contribution >= 0.6 is 12.4 Å². The van der Waals surface area contributed by atoms with E-state index in [-0.39, 0.29) is 24.5 Å². The molecule has 0 bridgehead atoms. The van der Waals surface area contributed by atoms with Crippen LogP contribution in [0.25, 0.3) is 11.0 Å². The second-order valence-corrected chi connectivity index (χ2v) is 7.13. The van der Waals surface area contributed by atoms with Crippen LogP contribution in [0.2, 0.25) is 0 Å². The van der Waals surface area contributed by atoms with Gasteiger partial charge in [-0.3, -0.25) is 4.98 Å². The number of nitriles is 1. The zero-order valence-electron chi connectivity index (χ0n) is 16.0. The number of rotatable bonds is 4. The lowest BCUT2D eigenvalue weighted by Gasteiger charge is -2.33. The number of imidazole rings is 1. The molecule has 3 heterocycles. The van der Waals surface area contributed by atoms with Gasteiger partial charge < -0.3 is 15.2 Å². The molecule has 3 aromatic rings. The predicted molar refractivity (Wildman–Crippen MR) is 114 cm³/mol. The van der Waals surface area contributed by atoms with Gasteiger partial charge in [0.15, 0.2) is 0 Å². The largest absolute Gasteiger partial charge is 0.341 e. The summed E-state index contributed by atoms with van der Waals surface area (Å²) >= 11 is 0. The zero-order valence-corrected chi connectivity index (χ0v) is 16.8. The molecule has 7 heteroatoms. The van der Waals surface area contributed by atoms with Crippen molar-refractivity contribution in [1.82, 2.24) is 14.5 Å². The molecule has 0 aliphatic carbocycles. The minimum atomic E-state index is 0. The highest BCUT2D eigenvalue weighted by Gasteiger charge is 2.26. The van der Waals surface area contributed by atoms with Crippen LogP contribution in [0, 0.1) is 11.3 Å². The molecule has 1 fully saturated rings. The van der Waals surface area contributed by atoms with Gasteiger partial charge in [0.05, 0.1) is 28.3 Å². The summed E-state index contributed by atoms with van der Waals surface area (Å²) in [7, 11) is 0. The van der Waals surface area contributed by atoms with Crippen molar-refractivity contribution < 1.29 is 0 Å². The maximum Gasteiger partial charge on any atom is 0.207 e. The van der Waals surface area contributed by atoms with Gasteiger partial charge in [-0.15, -0.1) is 12.4 Å². The van der Waals surface area contributed by atoms with E-state index in [4.69, 9.17) is 16.0 Å². The lowest BCUT2D eigenvalue weighted by Crippen LogP contribution is -2.44. The number of piperidine rings is 1. The summed E-state index contributed by atoms with van der Waals surface area (Å²) in [6.45, 7) is 3.94. The Morgan fingerprint density at radius 1 is 1.29 bits per heavy atom. The molecule has 0 saturated carbocycles. The van der Waals surface area contributed by atoms with Gasteiger partial charge in [-0.05, 0) is 43.5 Å². The van der Waals surface area contributed by atoms with Crippen molar-refractivity contribution in [2.24, 2.45) is 5.73 Å². The van der Waals surface area contributed by atoms with Crippen LogP contribution in [-0.2, 0) is 0 Å². The number of halogens is 1. The summed E-state index contributed by atoms with van der Waals surface area (Å²) in [5.74, 6) is 0.962. The van der Waals surface area contributed by atoms with Gasteiger partial charge in [0, 0.05) is 25.3 Å². The van der Waals surface area contributed by atoms with Crippen LogP contribution in [-0.4, -0.2) is 33.7 Å². The molecule has 0 radical (unpaired) electrons. The third-order valence-corrected chi connectivity index (χ3v) is 5.27. The molecule has 1 aliphatic rings. The van der Waals surface area contributed by atoms with Crippen LogP contribution in [0.4, 0.5) is 5.95 Å². The first-order valence-corrected chi connectivity index (χ1v) is 9.54. The van der Waals surface area contributed by atoms with E-state index in [1.807, 2.05) is 24.3 Å². The molecule has 2 atom stereocenters. The van der Waals surface area contributed by atoms with Crippen molar-refractivity contribution in [2.45, 2.75) is 38.3 Å². The number of hydrogen-bond donors (Lipinski definition) is 1. The molecular formula is C21H25ClN6. The van der Waals surface area contributed by atoms with Gasteiger partial charge in [0.1, 0.15) is 6.07 Å². The Kier molecular flexibility index (Phi) is 6.18. The van der Waals surface area contributed by atoms with Crippen molar-refractivity contribution in [2.75, 3.05) is 18.0 Å². The molecular weight excluding hydrogens is 372 g/mol. The lowest BCUT2D eigenvalue weighted by molar-refractivity contribution is 0.482. The first kappa shape index (κ1) is 20.1. The minimum Gasteiger partial charge on any atom is -0.341 e. The Labute approximate surface area is 171 Å². The number of para-hydroxylation sites is 2. The molecule has 1 aromatic carbocycles. The fourth-order valence-electron chi connectivity index (χ4n) is 3.95. The molecule has 6 nitrogen and oxygen atoms in total. The lowest BCUT2D eigenvalue weighted by atomic mass is 10.1. The van der Waals surface area contributed by atoms with Crippen LogP contribution in [0.15, 0.2) is 42.6 Å². The van der Waals surface area contributed by atoms with Gasteiger partial charge in [0.2, 0.25) is 5.95 Å². The fourth-order valence-corrected chi connectivity index (χ4v) is 3.95. The number of hydrogen-bond acceptors (Lipinski definition) is 5. The molecule has 1 saturated heterocycles. The number of nitrogens with zero attached hydrogens (tertiary/aromatic N) is 5. The maximum absolute atomic E-state index is 9.07. The Hall–Kier alpha value is -2.62. The molecule has 0 spiro atoms. The minimum absolute atomic E-state index is 0. The number of fused-ring (bicyclic) bond motifs is 1. The Balaban J connectivity index is 0.00000225. The highest BCUT2D eigenvalue weighted by Crippen LogP contribution is 2.33. The van der Waals surface area contributed by atoms with Crippen molar-refractivity contribution in [1.29, 1.82) is 5.26 Å². The summed E-state index contributed by atoms with van der Waals surface area (Å²) < 4.78 is 2.29. The summed E-state index contributed by atoms with van der Waals surface area (Å²) in [6, 6.07) is 14.4. The van der Waals surface area contributed by atoms with Gasteiger partial charge in [-0.1, -0.05) is 19.1 Å². The zero-order chi connectivity index (χ0) is 18.8. The van der Waals surface area contributed by atoms with Crippen LogP contribution in [0.5, 0.6) is 0 Å². The Morgan fingerprint density at radius 2 is 2.11 bits per heavy atom. The number of benzene rings is 1. The van der Waals surface area contributed by atoms with E-state index in [0.29, 0.717) is 5.56 Å². The SMILES string of the molecule is CC[C@@H](c1ccc(C#N)cn1)n1c(N2CCC[C@H](N)C2)nc2ccccc21.Cl. The van der Waals surface area contributed by atoms with E-state index in [1.54, 1.807) is 6.20 Å². The van der Waals surface area contributed by atoms with Crippen LogP contribution in [0.3, 0.4) is 0 Å². The molecule has 146 valence electrons. The normalized spacial score (nSPS) is 17.8.